The van der Waals surface area contributed by atoms with Crippen molar-refractivity contribution >= 4 is 22.8 Å². The van der Waals surface area contributed by atoms with Crippen LogP contribution in [-0.4, -0.2) is 55.2 Å². The summed E-state index contributed by atoms with van der Waals surface area (Å²) in [5.41, 5.74) is -0.658. The molecule has 8 nitrogen and oxygen atoms in total. The van der Waals surface area contributed by atoms with E-state index in [1.54, 1.807) is 27.2 Å². The van der Waals surface area contributed by atoms with Gasteiger partial charge in [-0.2, -0.15) is 0 Å². The van der Waals surface area contributed by atoms with E-state index in [2.05, 4.69) is 5.32 Å². The molecule has 4 rings (SSSR count). The van der Waals surface area contributed by atoms with Crippen LogP contribution in [0, 0.1) is 0 Å². The number of furan rings is 1. The number of benzene rings is 2. The highest BCUT2D eigenvalue weighted by atomic mass is 16.5. The van der Waals surface area contributed by atoms with Crippen molar-refractivity contribution in [1.29, 1.82) is 0 Å². The van der Waals surface area contributed by atoms with Gasteiger partial charge < -0.3 is 28.8 Å². The van der Waals surface area contributed by atoms with Crippen molar-refractivity contribution in [2.24, 2.45) is 0 Å². The number of nitrogens with one attached hydrogen (secondary N) is 1. The van der Waals surface area contributed by atoms with Crippen LogP contribution in [-0.2, 0) is 16.1 Å². The van der Waals surface area contributed by atoms with Crippen molar-refractivity contribution in [3.05, 3.63) is 59.9 Å². The molecule has 0 fully saturated rings. The monoisotopic (exact) mass is 468 g/mol. The van der Waals surface area contributed by atoms with E-state index in [1.165, 1.54) is 4.90 Å². The smallest absolute Gasteiger partial charge is 0.294 e. The highest BCUT2D eigenvalue weighted by molar-refractivity contribution is 6.04. The normalized spacial score (nSPS) is 18.3. The zero-order valence-corrected chi connectivity index (χ0v) is 20.1. The Hall–Kier alpha value is -3.52. The Bertz CT molecular complexity index is 1220. The third kappa shape index (κ3) is 4.21. The summed E-state index contributed by atoms with van der Waals surface area (Å²) in [7, 11) is 3.16. The first-order valence-corrected chi connectivity index (χ1v) is 11.1. The summed E-state index contributed by atoms with van der Waals surface area (Å²) in [5, 5.41) is 3.65. The fraction of sp³-hybridized carbons (Fsp3) is 0.385. The lowest BCUT2D eigenvalue weighted by Gasteiger charge is -2.41. The average Bonchev–Trinajstić information content (AvgIpc) is 3.18. The maximum absolute atomic E-state index is 13.8. The Morgan fingerprint density at radius 1 is 1.18 bits per heavy atom. The molecule has 3 aromatic rings. The van der Waals surface area contributed by atoms with E-state index in [-0.39, 0.29) is 32.8 Å². The number of carbonyl (C=O) groups is 2. The van der Waals surface area contributed by atoms with Gasteiger partial charge in [-0.25, -0.2) is 0 Å². The van der Waals surface area contributed by atoms with Crippen molar-refractivity contribution in [2.45, 2.75) is 38.5 Å². The number of methoxy groups -OCH3 is 2. The molecule has 1 N–H and O–H groups in total. The van der Waals surface area contributed by atoms with Gasteiger partial charge in [-0.15, -0.1) is 0 Å². The molecule has 1 aliphatic rings. The summed E-state index contributed by atoms with van der Waals surface area (Å²) >= 11 is 0. The first-order valence-electron chi connectivity index (χ1n) is 11.1. The molecule has 1 atom stereocenters. The number of fused-ring (bicyclic) bond motifs is 3. The Balaban J connectivity index is 0.00000342. The van der Waals surface area contributed by atoms with E-state index < -0.39 is 17.0 Å². The van der Waals surface area contributed by atoms with Gasteiger partial charge in [-0.1, -0.05) is 30.3 Å². The highest BCUT2D eigenvalue weighted by Crippen LogP contribution is 2.39. The van der Waals surface area contributed by atoms with Crippen LogP contribution in [0.5, 0.6) is 11.5 Å². The molecule has 2 amide bonds. The van der Waals surface area contributed by atoms with Crippen molar-refractivity contribution in [3.8, 4) is 11.5 Å². The second-order valence-corrected chi connectivity index (χ2v) is 9.17. The second-order valence-electron chi connectivity index (χ2n) is 9.17. The van der Waals surface area contributed by atoms with Crippen LogP contribution < -0.4 is 14.8 Å². The maximum Gasteiger partial charge on any atom is 0.294 e. The average molecular weight is 469 g/mol. The minimum Gasteiger partial charge on any atom is -0.496 e. The topological polar surface area (TPSA) is 90.2 Å². The molecule has 0 bridgehead atoms. The number of hydrogen-bond donors (Lipinski definition) is 1. The minimum atomic E-state index is -1.32. The third-order valence-corrected chi connectivity index (χ3v) is 6.30. The van der Waals surface area contributed by atoms with Crippen molar-refractivity contribution in [3.63, 3.8) is 0 Å². The molecule has 0 aliphatic carbocycles. The highest BCUT2D eigenvalue weighted by Gasteiger charge is 2.49. The molecule has 1 unspecified atom stereocenters. The number of carbonyl (C=O) groups excluding carboxylic acids is 2. The largest absolute Gasteiger partial charge is 0.496 e. The van der Waals surface area contributed by atoms with E-state index in [0.29, 0.717) is 22.5 Å². The molecule has 8 heteroatoms. The molecule has 1 aromatic heterocycles. The number of rotatable bonds is 7. The molecule has 34 heavy (non-hydrogen) atoms. The van der Waals surface area contributed by atoms with E-state index in [4.69, 9.17) is 18.6 Å². The zero-order valence-electron chi connectivity index (χ0n) is 20.1. The van der Waals surface area contributed by atoms with Gasteiger partial charge in [-0.3, -0.25) is 9.59 Å². The number of hydrogen-bond acceptors (Lipinski definition) is 6. The zero-order chi connectivity index (χ0) is 24.5. The van der Waals surface area contributed by atoms with E-state index in [0.717, 1.165) is 5.56 Å². The van der Waals surface area contributed by atoms with Gasteiger partial charge in [-0.05, 0) is 39.0 Å². The van der Waals surface area contributed by atoms with Gasteiger partial charge in [0.2, 0.25) is 11.7 Å². The molecule has 0 spiro atoms. The molecular weight excluding hydrogens is 436 g/mol. The van der Waals surface area contributed by atoms with Gasteiger partial charge in [0.15, 0.2) is 11.3 Å². The summed E-state index contributed by atoms with van der Waals surface area (Å²) in [6.07, 6.45) is 0. The van der Waals surface area contributed by atoms with Crippen LogP contribution >= 0.6 is 0 Å². The van der Waals surface area contributed by atoms with E-state index in [9.17, 15) is 9.59 Å². The molecule has 0 saturated carbocycles. The predicted octanol–water partition coefficient (Wildman–Crippen LogP) is 4.02. The van der Waals surface area contributed by atoms with Gasteiger partial charge in [0.25, 0.3) is 5.91 Å². The SMILES string of the molecule is COc1ccccc1CNC(=O)C1(C)COc2c(oc3ccccc23)C(=O)N1CC(C)(C)OC.[HH]. The van der Waals surface area contributed by atoms with Crippen LogP contribution in [0.4, 0.5) is 0 Å². The third-order valence-electron chi connectivity index (χ3n) is 6.30. The van der Waals surface area contributed by atoms with Crippen molar-refractivity contribution < 1.29 is 29.6 Å². The number of nitrogens with zero attached hydrogens (tertiary/aromatic N) is 1. The predicted molar refractivity (Wildman–Crippen MR) is 129 cm³/mol. The summed E-state index contributed by atoms with van der Waals surface area (Å²) in [6, 6.07) is 14.7. The number of para-hydroxylation sites is 2. The van der Waals surface area contributed by atoms with Crippen LogP contribution in [0.2, 0.25) is 0 Å². The lowest BCUT2D eigenvalue weighted by Crippen LogP contribution is -2.63. The first-order chi connectivity index (χ1) is 16.2. The molecule has 182 valence electrons. The molecule has 2 heterocycles. The molecule has 0 radical (unpaired) electrons. The first kappa shape index (κ1) is 23.6. The summed E-state index contributed by atoms with van der Waals surface area (Å²) in [5.74, 6) is 0.317. The van der Waals surface area contributed by atoms with Crippen LogP contribution in [0.3, 0.4) is 0 Å². The molecular formula is C26H32N2O6. The van der Waals surface area contributed by atoms with Crippen molar-refractivity contribution in [1.82, 2.24) is 10.2 Å². The fourth-order valence-corrected chi connectivity index (χ4v) is 4.04. The van der Waals surface area contributed by atoms with Gasteiger partial charge >= 0.3 is 0 Å². The van der Waals surface area contributed by atoms with Crippen LogP contribution in [0.15, 0.2) is 52.9 Å². The Kier molecular flexibility index (Phi) is 6.27. The van der Waals surface area contributed by atoms with Crippen molar-refractivity contribution in [2.75, 3.05) is 27.4 Å². The Morgan fingerprint density at radius 3 is 2.62 bits per heavy atom. The quantitative estimate of drug-likeness (QED) is 0.563. The van der Waals surface area contributed by atoms with Crippen LogP contribution in [0.1, 0.15) is 38.3 Å². The summed E-state index contributed by atoms with van der Waals surface area (Å²) < 4.78 is 23.0. The number of amides is 2. The standard InChI is InChI=1S/C26H30N2O6.H2/c1-25(2,32-5)15-28-23(29)22-21(18-11-7-9-13-20(18)34-22)33-16-26(28,3)24(30)27-14-17-10-6-8-12-19(17)31-4;/h6-13H,14-16H2,1-5H3,(H,27,30);1H. The van der Waals surface area contributed by atoms with Gasteiger partial charge in [0.1, 0.15) is 17.9 Å². The lowest BCUT2D eigenvalue weighted by molar-refractivity contribution is -0.135. The van der Waals surface area contributed by atoms with E-state index in [1.807, 2.05) is 56.3 Å². The second kappa shape index (κ2) is 9.02. The van der Waals surface area contributed by atoms with E-state index >= 15 is 0 Å². The Morgan fingerprint density at radius 2 is 1.88 bits per heavy atom. The Labute approximate surface area is 200 Å². The maximum atomic E-state index is 13.8. The van der Waals surface area contributed by atoms with Crippen LogP contribution in [0.25, 0.3) is 11.0 Å². The van der Waals surface area contributed by atoms with Gasteiger partial charge in [0.05, 0.1) is 24.6 Å². The molecule has 2 aromatic carbocycles. The lowest BCUT2D eigenvalue weighted by atomic mass is 9.96. The number of ether oxygens (including phenoxy) is 3. The minimum absolute atomic E-state index is 0. The molecule has 0 saturated heterocycles. The fourth-order valence-electron chi connectivity index (χ4n) is 4.04. The molecule has 1 aliphatic heterocycles. The van der Waals surface area contributed by atoms with Gasteiger partial charge in [0, 0.05) is 20.6 Å². The summed E-state index contributed by atoms with van der Waals surface area (Å²) in [4.78, 5) is 28.9. The summed E-state index contributed by atoms with van der Waals surface area (Å²) in [6.45, 7) is 5.76.